The average Bonchev–Trinajstić information content (AvgIpc) is 2.48. The van der Waals surface area contributed by atoms with Gasteiger partial charge in [0.05, 0.1) is 5.69 Å². The molecule has 0 fully saturated rings. The first-order chi connectivity index (χ1) is 10.1. The van der Waals surface area contributed by atoms with Gasteiger partial charge in [-0.15, -0.1) is 0 Å². The second kappa shape index (κ2) is 5.65. The number of nitrogen functional groups attached to an aromatic ring is 1. The second-order valence-electron chi connectivity index (χ2n) is 4.55. The molecule has 2 aromatic rings. The van der Waals surface area contributed by atoms with Crippen molar-refractivity contribution < 1.29 is 14.3 Å². The fraction of sp³-hybridized carbons (Fsp3) is 0.133. The minimum Gasteiger partial charge on any atom is -0.486 e. The topological polar surface area (TPSA) is 73.6 Å². The van der Waals surface area contributed by atoms with E-state index in [4.69, 9.17) is 15.2 Å². The molecule has 1 amide bonds. The number of benzene rings is 2. The van der Waals surface area contributed by atoms with E-state index in [9.17, 15) is 4.79 Å². The molecule has 0 aliphatic carbocycles. The molecule has 0 bridgehead atoms. The highest BCUT2D eigenvalue weighted by atomic mass is 79.9. The number of ether oxygens (including phenoxy) is 2. The van der Waals surface area contributed by atoms with Crippen LogP contribution in [0, 0.1) is 0 Å². The summed E-state index contributed by atoms with van der Waals surface area (Å²) in [5.41, 5.74) is 7.39. The van der Waals surface area contributed by atoms with E-state index in [0.29, 0.717) is 41.7 Å². The number of fused-ring (bicyclic) bond motifs is 1. The number of nitrogens with one attached hydrogen (secondary N) is 1. The predicted octanol–water partition coefficient (Wildman–Crippen LogP) is 3.05. The third-order valence-electron chi connectivity index (χ3n) is 3.05. The Morgan fingerprint density at radius 3 is 2.38 bits per heavy atom. The van der Waals surface area contributed by atoms with Crippen molar-refractivity contribution >= 4 is 33.2 Å². The molecule has 21 heavy (non-hydrogen) atoms. The molecule has 6 heteroatoms. The molecule has 1 aliphatic heterocycles. The number of carbonyl (C=O) groups is 1. The SMILES string of the molecule is Nc1ccc(C(=O)Nc2cc3c(cc2Br)OCCO3)cc1. The highest BCUT2D eigenvalue weighted by Crippen LogP contribution is 2.38. The summed E-state index contributed by atoms with van der Waals surface area (Å²) in [6.45, 7) is 1.02. The lowest BCUT2D eigenvalue weighted by Crippen LogP contribution is -2.17. The fourth-order valence-corrected chi connectivity index (χ4v) is 2.41. The number of nitrogens with two attached hydrogens (primary N) is 1. The highest BCUT2D eigenvalue weighted by molar-refractivity contribution is 9.10. The highest BCUT2D eigenvalue weighted by Gasteiger charge is 2.16. The van der Waals surface area contributed by atoms with Crippen LogP contribution in [0.5, 0.6) is 11.5 Å². The van der Waals surface area contributed by atoms with Crippen molar-refractivity contribution in [2.75, 3.05) is 24.3 Å². The van der Waals surface area contributed by atoms with Crippen LogP contribution in [0.15, 0.2) is 40.9 Å². The van der Waals surface area contributed by atoms with E-state index in [-0.39, 0.29) is 5.91 Å². The maximum absolute atomic E-state index is 12.2. The van der Waals surface area contributed by atoms with E-state index in [1.165, 1.54) is 0 Å². The fourth-order valence-electron chi connectivity index (χ4n) is 1.99. The third-order valence-corrected chi connectivity index (χ3v) is 3.71. The molecule has 1 aliphatic rings. The lowest BCUT2D eigenvalue weighted by atomic mass is 10.2. The molecule has 0 aromatic heterocycles. The normalized spacial score (nSPS) is 12.8. The smallest absolute Gasteiger partial charge is 0.255 e. The summed E-state index contributed by atoms with van der Waals surface area (Å²) < 4.78 is 11.7. The van der Waals surface area contributed by atoms with Gasteiger partial charge in [-0.3, -0.25) is 4.79 Å². The Hall–Kier alpha value is -2.21. The van der Waals surface area contributed by atoms with Crippen LogP contribution in [0.2, 0.25) is 0 Å². The van der Waals surface area contributed by atoms with E-state index in [2.05, 4.69) is 21.2 Å². The van der Waals surface area contributed by atoms with Crippen LogP contribution in [0.3, 0.4) is 0 Å². The summed E-state index contributed by atoms with van der Waals surface area (Å²) in [5, 5.41) is 2.83. The Morgan fingerprint density at radius 1 is 1.10 bits per heavy atom. The van der Waals surface area contributed by atoms with Gasteiger partial charge in [0.15, 0.2) is 11.5 Å². The minimum atomic E-state index is -0.215. The van der Waals surface area contributed by atoms with Crippen molar-refractivity contribution in [1.29, 1.82) is 0 Å². The van der Waals surface area contributed by atoms with E-state index >= 15 is 0 Å². The number of amides is 1. The molecule has 3 N–H and O–H groups in total. The van der Waals surface area contributed by atoms with Gasteiger partial charge in [0.2, 0.25) is 0 Å². The van der Waals surface area contributed by atoms with Crippen molar-refractivity contribution in [3.63, 3.8) is 0 Å². The van der Waals surface area contributed by atoms with Gasteiger partial charge in [-0.25, -0.2) is 0 Å². The molecular weight excluding hydrogens is 336 g/mol. The zero-order valence-electron chi connectivity index (χ0n) is 11.1. The number of rotatable bonds is 2. The van der Waals surface area contributed by atoms with Crippen LogP contribution in [0.1, 0.15) is 10.4 Å². The maximum atomic E-state index is 12.2. The van der Waals surface area contributed by atoms with Gasteiger partial charge in [-0.2, -0.15) is 0 Å². The predicted molar refractivity (Wildman–Crippen MR) is 83.9 cm³/mol. The van der Waals surface area contributed by atoms with Gasteiger partial charge >= 0.3 is 0 Å². The zero-order valence-corrected chi connectivity index (χ0v) is 12.6. The molecule has 0 saturated carbocycles. The van der Waals surface area contributed by atoms with Crippen molar-refractivity contribution in [2.45, 2.75) is 0 Å². The van der Waals surface area contributed by atoms with Crippen molar-refractivity contribution in [3.05, 3.63) is 46.4 Å². The van der Waals surface area contributed by atoms with E-state index in [0.717, 1.165) is 4.47 Å². The Morgan fingerprint density at radius 2 is 1.71 bits per heavy atom. The van der Waals surface area contributed by atoms with Gasteiger partial charge in [0, 0.05) is 27.9 Å². The summed E-state index contributed by atoms with van der Waals surface area (Å²) in [7, 11) is 0. The standard InChI is InChI=1S/C15H13BrN2O3/c16-11-7-13-14(21-6-5-20-13)8-12(11)18-15(19)9-1-3-10(17)4-2-9/h1-4,7-8H,5-6,17H2,(H,18,19). The third kappa shape index (κ3) is 2.95. The Bertz CT molecular complexity index is 686. The Kier molecular flexibility index (Phi) is 3.70. The van der Waals surface area contributed by atoms with Gasteiger partial charge in [0.25, 0.3) is 5.91 Å². The molecule has 1 heterocycles. The van der Waals surface area contributed by atoms with Crippen LogP contribution in [-0.4, -0.2) is 19.1 Å². The molecule has 0 saturated heterocycles. The van der Waals surface area contributed by atoms with E-state index < -0.39 is 0 Å². The van der Waals surface area contributed by atoms with Crippen LogP contribution in [0.4, 0.5) is 11.4 Å². The van der Waals surface area contributed by atoms with Crippen LogP contribution >= 0.6 is 15.9 Å². The van der Waals surface area contributed by atoms with Gasteiger partial charge in [-0.1, -0.05) is 0 Å². The van der Waals surface area contributed by atoms with Crippen molar-refractivity contribution in [2.24, 2.45) is 0 Å². The monoisotopic (exact) mass is 348 g/mol. The Balaban J connectivity index is 1.84. The van der Waals surface area contributed by atoms with Crippen LogP contribution < -0.4 is 20.5 Å². The molecule has 0 atom stereocenters. The van der Waals surface area contributed by atoms with Gasteiger partial charge in [0.1, 0.15) is 13.2 Å². The lowest BCUT2D eigenvalue weighted by Gasteiger charge is -2.20. The summed E-state index contributed by atoms with van der Waals surface area (Å²) in [5.74, 6) is 1.07. The summed E-state index contributed by atoms with van der Waals surface area (Å²) >= 11 is 3.42. The quantitative estimate of drug-likeness (QED) is 0.818. The van der Waals surface area contributed by atoms with Crippen molar-refractivity contribution in [3.8, 4) is 11.5 Å². The number of anilines is 2. The van der Waals surface area contributed by atoms with Crippen molar-refractivity contribution in [1.82, 2.24) is 0 Å². The molecular formula is C15H13BrN2O3. The molecule has 5 nitrogen and oxygen atoms in total. The van der Waals surface area contributed by atoms with Gasteiger partial charge < -0.3 is 20.5 Å². The minimum absolute atomic E-state index is 0.215. The maximum Gasteiger partial charge on any atom is 0.255 e. The number of carbonyl (C=O) groups excluding carboxylic acids is 1. The van der Waals surface area contributed by atoms with E-state index in [1.807, 2.05) is 0 Å². The first-order valence-corrected chi connectivity index (χ1v) is 7.19. The Labute approximate surface area is 130 Å². The number of halogens is 1. The zero-order chi connectivity index (χ0) is 14.8. The second-order valence-corrected chi connectivity index (χ2v) is 5.41. The summed E-state index contributed by atoms with van der Waals surface area (Å²) in [6, 6.07) is 10.3. The average molecular weight is 349 g/mol. The molecule has 0 spiro atoms. The van der Waals surface area contributed by atoms with Gasteiger partial charge in [-0.05, 0) is 40.2 Å². The molecule has 0 unspecified atom stereocenters. The number of hydrogen-bond donors (Lipinski definition) is 2. The van der Waals surface area contributed by atoms with Crippen LogP contribution in [-0.2, 0) is 0 Å². The number of hydrogen-bond acceptors (Lipinski definition) is 4. The lowest BCUT2D eigenvalue weighted by molar-refractivity contribution is 0.102. The largest absolute Gasteiger partial charge is 0.486 e. The first-order valence-electron chi connectivity index (χ1n) is 6.39. The van der Waals surface area contributed by atoms with E-state index in [1.54, 1.807) is 36.4 Å². The first kappa shape index (κ1) is 13.8. The molecule has 2 aromatic carbocycles. The summed E-state index contributed by atoms with van der Waals surface area (Å²) in [4.78, 5) is 12.2. The molecule has 0 radical (unpaired) electrons. The van der Waals surface area contributed by atoms with Crippen LogP contribution in [0.25, 0.3) is 0 Å². The summed E-state index contributed by atoms with van der Waals surface area (Å²) in [6.07, 6.45) is 0. The molecule has 3 rings (SSSR count). The molecule has 108 valence electrons.